The molecule has 0 aromatic heterocycles. The maximum atomic E-state index is 11.0. The largest absolute Gasteiger partial charge is 0.493 e. The molecular weight excluding hydrogens is 238 g/mol. The highest BCUT2D eigenvalue weighted by atomic mass is 35.5. The number of aryl methyl sites for hydroxylation is 1. The first-order chi connectivity index (χ1) is 8.29. The summed E-state index contributed by atoms with van der Waals surface area (Å²) in [6.07, 6.45) is 2.99. The van der Waals surface area contributed by atoms with E-state index in [2.05, 4.69) is 17.4 Å². The van der Waals surface area contributed by atoms with Crippen LogP contribution < -0.4 is 10.1 Å². The molecule has 1 aromatic rings. The zero-order chi connectivity index (χ0) is 12.1. The third kappa shape index (κ3) is 3.37. The molecule has 0 spiro atoms. The van der Waals surface area contributed by atoms with Crippen molar-refractivity contribution in [3.05, 3.63) is 29.3 Å². The highest BCUT2D eigenvalue weighted by molar-refractivity contribution is 6.27. The van der Waals surface area contributed by atoms with Gasteiger partial charge in [-0.2, -0.15) is 0 Å². The predicted octanol–water partition coefficient (Wildman–Crippen LogP) is 1.91. The number of carbonyl (C=O) groups excluding carboxylic acids is 1. The van der Waals surface area contributed by atoms with Crippen molar-refractivity contribution in [1.82, 2.24) is 5.32 Å². The Bertz CT molecular complexity index is 406. The van der Waals surface area contributed by atoms with Gasteiger partial charge < -0.3 is 10.1 Å². The minimum atomic E-state index is -0.118. The topological polar surface area (TPSA) is 38.3 Å². The van der Waals surface area contributed by atoms with Gasteiger partial charge in [0.25, 0.3) is 0 Å². The average Bonchev–Trinajstić information content (AvgIpc) is 2.38. The average molecular weight is 254 g/mol. The highest BCUT2D eigenvalue weighted by Gasteiger charge is 2.10. The Hall–Kier alpha value is -1.22. The number of carbonyl (C=O) groups is 1. The number of hydrogen-bond donors (Lipinski definition) is 1. The van der Waals surface area contributed by atoms with Crippen LogP contribution in [0.15, 0.2) is 18.2 Å². The van der Waals surface area contributed by atoms with Crippen molar-refractivity contribution < 1.29 is 9.53 Å². The summed E-state index contributed by atoms with van der Waals surface area (Å²) >= 11 is 5.40. The molecule has 0 atom stereocenters. The van der Waals surface area contributed by atoms with Gasteiger partial charge in [0.15, 0.2) is 0 Å². The van der Waals surface area contributed by atoms with E-state index in [1.165, 1.54) is 11.1 Å². The minimum absolute atomic E-state index is 0.0258. The lowest BCUT2D eigenvalue weighted by molar-refractivity contribution is -0.118. The van der Waals surface area contributed by atoms with Crippen molar-refractivity contribution in [2.24, 2.45) is 0 Å². The maximum Gasteiger partial charge on any atom is 0.234 e. The molecule has 1 amide bonds. The van der Waals surface area contributed by atoms with Gasteiger partial charge in [0.05, 0.1) is 6.61 Å². The van der Waals surface area contributed by atoms with Crippen LogP contribution in [0, 0.1) is 0 Å². The monoisotopic (exact) mass is 253 g/mol. The Labute approximate surface area is 106 Å². The van der Waals surface area contributed by atoms with E-state index in [1.54, 1.807) is 0 Å². The molecule has 0 saturated heterocycles. The van der Waals surface area contributed by atoms with Gasteiger partial charge in [0.1, 0.15) is 11.6 Å². The van der Waals surface area contributed by atoms with Crippen LogP contribution in [0.25, 0.3) is 0 Å². The first-order valence-corrected chi connectivity index (χ1v) is 6.40. The van der Waals surface area contributed by atoms with Gasteiger partial charge in [-0.15, -0.1) is 11.6 Å². The van der Waals surface area contributed by atoms with Crippen LogP contribution in [0.3, 0.4) is 0 Å². The number of amides is 1. The first-order valence-electron chi connectivity index (χ1n) is 5.87. The van der Waals surface area contributed by atoms with Crippen molar-refractivity contribution in [3.63, 3.8) is 0 Å². The van der Waals surface area contributed by atoms with Crippen LogP contribution in [0.1, 0.15) is 17.5 Å². The summed E-state index contributed by atoms with van der Waals surface area (Å²) < 4.78 is 5.55. The molecule has 0 radical (unpaired) electrons. The molecule has 0 unspecified atom stereocenters. The van der Waals surface area contributed by atoms with E-state index in [1.807, 2.05) is 6.07 Å². The lowest BCUT2D eigenvalue weighted by atomic mass is 10.0. The number of alkyl halides is 1. The molecule has 17 heavy (non-hydrogen) atoms. The molecule has 1 heterocycles. The third-order valence-electron chi connectivity index (χ3n) is 2.83. The van der Waals surface area contributed by atoms with Gasteiger partial charge in [0, 0.05) is 6.54 Å². The Kier molecular flexibility index (Phi) is 4.26. The van der Waals surface area contributed by atoms with Crippen molar-refractivity contribution in [2.45, 2.75) is 19.3 Å². The normalized spacial score (nSPS) is 13.7. The smallest absolute Gasteiger partial charge is 0.234 e. The number of hydrogen-bond acceptors (Lipinski definition) is 2. The Morgan fingerprint density at radius 3 is 3.18 bits per heavy atom. The van der Waals surface area contributed by atoms with E-state index >= 15 is 0 Å². The molecule has 0 aliphatic carbocycles. The van der Waals surface area contributed by atoms with Crippen LogP contribution in [0.4, 0.5) is 0 Å². The fourth-order valence-corrected chi connectivity index (χ4v) is 2.06. The summed E-state index contributed by atoms with van der Waals surface area (Å²) in [4.78, 5) is 11.0. The fourth-order valence-electron chi connectivity index (χ4n) is 1.96. The second-order valence-corrected chi connectivity index (χ2v) is 4.39. The van der Waals surface area contributed by atoms with Crippen molar-refractivity contribution >= 4 is 17.5 Å². The minimum Gasteiger partial charge on any atom is -0.493 e. The second kappa shape index (κ2) is 5.92. The predicted molar refractivity (Wildman–Crippen MR) is 67.7 cm³/mol. The van der Waals surface area contributed by atoms with E-state index < -0.39 is 0 Å². The quantitative estimate of drug-likeness (QED) is 0.833. The molecule has 1 N–H and O–H groups in total. The van der Waals surface area contributed by atoms with E-state index in [-0.39, 0.29) is 11.8 Å². The summed E-state index contributed by atoms with van der Waals surface area (Å²) in [5.41, 5.74) is 2.50. The molecule has 1 aliphatic heterocycles. The van der Waals surface area contributed by atoms with Crippen LogP contribution in [-0.2, 0) is 17.6 Å². The highest BCUT2D eigenvalue weighted by Crippen LogP contribution is 2.25. The van der Waals surface area contributed by atoms with E-state index in [0.29, 0.717) is 6.54 Å². The summed E-state index contributed by atoms with van der Waals surface area (Å²) in [5.74, 6) is 0.913. The number of halogens is 1. The van der Waals surface area contributed by atoms with Gasteiger partial charge in [-0.25, -0.2) is 0 Å². The number of fused-ring (bicyclic) bond motifs is 1. The molecule has 4 heteroatoms. The van der Waals surface area contributed by atoms with Gasteiger partial charge >= 0.3 is 0 Å². The van der Waals surface area contributed by atoms with E-state index in [9.17, 15) is 4.79 Å². The standard InChI is InChI=1S/C13H16ClNO2/c14-9-13(16)15-6-5-10-3-4-12-11(8-10)2-1-7-17-12/h3-4,8H,1-2,5-7,9H2,(H,15,16). The van der Waals surface area contributed by atoms with Crippen LogP contribution in [0.5, 0.6) is 5.75 Å². The van der Waals surface area contributed by atoms with Gasteiger partial charge in [-0.1, -0.05) is 12.1 Å². The third-order valence-corrected chi connectivity index (χ3v) is 3.07. The molecule has 2 rings (SSSR count). The Morgan fingerprint density at radius 1 is 1.47 bits per heavy atom. The first kappa shape index (κ1) is 12.2. The molecule has 92 valence electrons. The van der Waals surface area contributed by atoms with Crippen LogP contribution in [-0.4, -0.2) is 24.9 Å². The van der Waals surface area contributed by atoms with Crippen molar-refractivity contribution in [3.8, 4) is 5.75 Å². The van der Waals surface area contributed by atoms with Gasteiger partial charge in [0.2, 0.25) is 5.91 Å². The van der Waals surface area contributed by atoms with Gasteiger partial charge in [-0.3, -0.25) is 4.79 Å². The summed E-state index contributed by atoms with van der Waals surface area (Å²) in [7, 11) is 0. The van der Waals surface area contributed by atoms with Crippen LogP contribution in [0.2, 0.25) is 0 Å². The Morgan fingerprint density at radius 2 is 2.35 bits per heavy atom. The van der Waals surface area contributed by atoms with E-state index in [0.717, 1.165) is 31.6 Å². The van der Waals surface area contributed by atoms with Crippen molar-refractivity contribution in [1.29, 1.82) is 0 Å². The fraction of sp³-hybridized carbons (Fsp3) is 0.462. The van der Waals surface area contributed by atoms with E-state index in [4.69, 9.17) is 16.3 Å². The lowest BCUT2D eigenvalue weighted by Crippen LogP contribution is -2.26. The molecule has 0 saturated carbocycles. The lowest BCUT2D eigenvalue weighted by Gasteiger charge is -2.17. The molecular formula is C13H16ClNO2. The second-order valence-electron chi connectivity index (χ2n) is 4.13. The van der Waals surface area contributed by atoms with Crippen molar-refractivity contribution in [2.75, 3.05) is 19.0 Å². The Balaban J connectivity index is 1.91. The SMILES string of the molecule is O=C(CCl)NCCc1ccc2c(c1)CCCO2. The summed E-state index contributed by atoms with van der Waals surface area (Å²) in [6.45, 7) is 1.45. The number of benzene rings is 1. The van der Waals surface area contributed by atoms with Crippen LogP contribution >= 0.6 is 11.6 Å². The maximum absolute atomic E-state index is 11.0. The van der Waals surface area contributed by atoms with Gasteiger partial charge in [-0.05, 0) is 36.5 Å². The number of ether oxygens (including phenoxy) is 1. The molecule has 3 nitrogen and oxygen atoms in total. The molecule has 1 aromatic carbocycles. The summed E-state index contributed by atoms with van der Waals surface area (Å²) in [6, 6.07) is 6.24. The molecule has 0 bridgehead atoms. The molecule has 0 fully saturated rings. The summed E-state index contributed by atoms with van der Waals surface area (Å²) in [5, 5.41) is 2.76. The zero-order valence-electron chi connectivity index (χ0n) is 9.67. The zero-order valence-corrected chi connectivity index (χ0v) is 10.4. The molecule has 1 aliphatic rings. The number of nitrogens with one attached hydrogen (secondary N) is 1. The number of rotatable bonds is 4.